The minimum atomic E-state index is 0.425. The van der Waals surface area contributed by atoms with Gasteiger partial charge in [0.2, 0.25) is 0 Å². The molecule has 0 saturated heterocycles. The molecule has 0 spiro atoms. The summed E-state index contributed by atoms with van der Waals surface area (Å²) in [7, 11) is 0. The zero-order chi connectivity index (χ0) is 12.4. The Labute approximate surface area is 101 Å². The standard InChI is InChI=1S/C14H15N3/c1-9(2)11-5-4-10(3)13(6-11)14-7-12(8-15)16-17-14/h4-7,9H,1-3H3,(H,16,17). The summed E-state index contributed by atoms with van der Waals surface area (Å²) in [6.45, 7) is 6.40. The SMILES string of the molecule is Cc1ccc(C(C)C)cc1-c1cc(C#N)n[nH]1. The number of rotatable bonds is 2. The van der Waals surface area contributed by atoms with Crippen molar-refractivity contribution in [2.24, 2.45) is 0 Å². The van der Waals surface area contributed by atoms with Gasteiger partial charge in [0.05, 0.1) is 5.69 Å². The molecule has 0 bridgehead atoms. The molecule has 1 heterocycles. The van der Waals surface area contributed by atoms with Crippen LogP contribution >= 0.6 is 0 Å². The molecule has 3 nitrogen and oxygen atoms in total. The van der Waals surface area contributed by atoms with Crippen molar-refractivity contribution in [2.75, 3.05) is 0 Å². The van der Waals surface area contributed by atoms with Crippen molar-refractivity contribution in [3.05, 3.63) is 41.1 Å². The average Bonchev–Trinajstić information content (AvgIpc) is 2.77. The number of H-pyrrole nitrogens is 1. The molecule has 1 aromatic heterocycles. The lowest BCUT2D eigenvalue weighted by Gasteiger charge is -2.09. The summed E-state index contributed by atoms with van der Waals surface area (Å²) in [5, 5.41) is 15.6. The normalized spacial score (nSPS) is 10.5. The lowest BCUT2D eigenvalue weighted by molar-refractivity contribution is 0.866. The number of aryl methyl sites for hydroxylation is 1. The van der Waals surface area contributed by atoms with E-state index in [1.807, 2.05) is 6.07 Å². The third-order valence-corrected chi connectivity index (χ3v) is 2.91. The van der Waals surface area contributed by atoms with Gasteiger partial charge in [-0.1, -0.05) is 26.0 Å². The molecule has 1 aromatic carbocycles. The van der Waals surface area contributed by atoms with Gasteiger partial charge in [0.25, 0.3) is 0 Å². The van der Waals surface area contributed by atoms with E-state index in [9.17, 15) is 0 Å². The highest BCUT2D eigenvalue weighted by atomic mass is 15.1. The van der Waals surface area contributed by atoms with E-state index in [1.54, 1.807) is 6.07 Å². The largest absolute Gasteiger partial charge is 0.277 e. The molecule has 0 saturated carbocycles. The van der Waals surface area contributed by atoms with E-state index < -0.39 is 0 Å². The Morgan fingerprint density at radius 2 is 2.06 bits per heavy atom. The molecule has 17 heavy (non-hydrogen) atoms. The van der Waals surface area contributed by atoms with Crippen molar-refractivity contribution in [3.63, 3.8) is 0 Å². The number of hydrogen-bond donors (Lipinski definition) is 1. The van der Waals surface area contributed by atoms with Gasteiger partial charge in [-0.3, -0.25) is 5.10 Å². The van der Waals surface area contributed by atoms with Crippen LogP contribution in [0.3, 0.4) is 0 Å². The van der Waals surface area contributed by atoms with E-state index in [4.69, 9.17) is 5.26 Å². The van der Waals surface area contributed by atoms with Gasteiger partial charge in [0, 0.05) is 11.6 Å². The molecular formula is C14H15N3. The van der Waals surface area contributed by atoms with Crippen LogP contribution in [0.4, 0.5) is 0 Å². The summed E-state index contributed by atoms with van der Waals surface area (Å²) in [5.41, 5.74) is 4.92. The van der Waals surface area contributed by atoms with Crippen LogP contribution in [0.1, 0.15) is 36.6 Å². The predicted molar refractivity (Wildman–Crippen MR) is 67.6 cm³/mol. The quantitative estimate of drug-likeness (QED) is 0.851. The fourth-order valence-electron chi connectivity index (χ4n) is 1.81. The second kappa shape index (κ2) is 4.42. The number of nitrogens with zero attached hydrogens (tertiary/aromatic N) is 2. The van der Waals surface area contributed by atoms with E-state index >= 15 is 0 Å². The second-order valence-corrected chi connectivity index (χ2v) is 4.51. The maximum Gasteiger partial charge on any atom is 0.162 e. The van der Waals surface area contributed by atoms with Gasteiger partial charge in [0.1, 0.15) is 6.07 Å². The van der Waals surface area contributed by atoms with E-state index in [2.05, 4.69) is 49.2 Å². The molecule has 0 amide bonds. The van der Waals surface area contributed by atoms with Crippen LogP contribution < -0.4 is 0 Å². The van der Waals surface area contributed by atoms with Crippen LogP contribution in [0.5, 0.6) is 0 Å². The first-order chi connectivity index (χ1) is 8.11. The van der Waals surface area contributed by atoms with E-state index in [0.717, 1.165) is 11.3 Å². The Morgan fingerprint density at radius 1 is 1.29 bits per heavy atom. The highest BCUT2D eigenvalue weighted by Gasteiger charge is 2.08. The Balaban J connectivity index is 2.51. The van der Waals surface area contributed by atoms with E-state index in [1.165, 1.54) is 11.1 Å². The lowest BCUT2D eigenvalue weighted by atomic mass is 9.96. The van der Waals surface area contributed by atoms with Gasteiger partial charge in [-0.25, -0.2) is 0 Å². The smallest absolute Gasteiger partial charge is 0.162 e. The van der Waals surface area contributed by atoms with Crippen LogP contribution in [-0.4, -0.2) is 10.2 Å². The molecule has 0 aliphatic rings. The van der Waals surface area contributed by atoms with Crippen LogP contribution in [0.2, 0.25) is 0 Å². The first kappa shape index (κ1) is 11.4. The summed E-state index contributed by atoms with van der Waals surface area (Å²) < 4.78 is 0. The first-order valence-corrected chi connectivity index (χ1v) is 5.68. The molecule has 3 heteroatoms. The molecule has 0 fully saturated rings. The zero-order valence-corrected chi connectivity index (χ0v) is 10.3. The minimum Gasteiger partial charge on any atom is -0.277 e. The molecule has 2 rings (SSSR count). The minimum absolute atomic E-state index is 0.425. The maximum absolute atomic E-state index is 8.78. The van der Waals surface area contributed by atoms with Crippen molar-refractivity contribution in [1.29, 1.82) is 5.26 Å². The predicted octanol–water partition coefficient (Wildman–Crippen LogP) is 3.38. The molecule has 0 aliphatic heterocycles. The summed E-state index contributed by atoms with van der Waals surface area (Å²) in [5.74, 6) is 0.493. The van der Waals surface area contributed by atoms with Crippen molar-refractivity contribution in [2.45, 2.75) is 26.7 Å². The zero-order valence-electron chi connectivity index (χ0n) is 10.3. The Kier molecular flexibility index (Phi) is 2.97. The van der Waals surface area contributed by atoms with Crippen molar-refractivity contribution < 1.29 is 0 Å². The molecule has 86 valence electrons. The average molecular weight is 225 g/mol. The summed E-state index contributed by atoms with van der Waals surface area (Å²) >= 11 is 0. The topological polar surface area (TPSA) is 52.5 Å². The lowest BCUT2D eigenvalue weighted by Crippen LogP contribution is -1.91. The molecule has 0 aliphatic carbocycles. The second-order valence-electron chi connectivity index (χ2n) is 4.51. The Hall–Kier alpha value is -2.08. The van der Waals surface area contributed by atoms with Crippen molar-refractivity contribution in [1.82, 2.24) is 10.2 Å². The Bertz CT molecular complexity index is 573. The number of nitriles is 1. The van der Waals surface area contributed by atoms with Crippen LogP contribution in [0.25, 0.3) is 11.3 Å². The number of aromatic nitrogens is 2. The number of hydrogen-bond acceptors (Lipinski definition) is 2. The molecule has 0 radical (unpaired) electrons. The molecule has 1 N–H and O–H groups in total. The Morgan fingerprint density at radius 3 is 2.65 bits per heavy atom. The summed E-state index contributed by atoms with van der Waals surface area (Å²) in [4.78, 5) is 0. The van der Waals surface area contributed by atoms with Gasteiger partial charge in [-0.15, -0.1) is 0 Å². The van der Waals surface area contributed by atoms with Gasteiger partial charge in [0.15, 0.2) is 5.69 Å². The van der Waals surface area contributed by atoms with Crippen LogP contribution in [-0.2, 0) is 0 Å². The van der Waals surface area contributed by atoms with Crippen LogP contribution in [0, 0.1) is 18.3 Å². The van der Waals surface area contributed by atoms with Gasteiger partial charge in [-0.2, -0.15) is 10.4 Å². The number of nitrogens with one attached hydrogen (secondary N) is 1. The van der Waals surface area contributed by atoms with Gasteiger partial charge in [-0.05, 0) is 30.0 Å². The van der Waals surface area contributed by atoms with E-state index in [0.29, 0.717) is 11.6 Å². The third kappa shape index (κ3) is 2.21. The number of aromatic amines is 1. The van der Waals surface area contributed by atoms with Crippen molar-refractivity contribution >= 4 is 0 Å². The monoisotopic (exact) mass is 225 g/mol. The van der Waals surface area contributed by atoms with E-state index in [-0.39, 0.29) is 0 Å². The summed E-state index contributed by atoms with van der Waals surface area (Å²) in [6, 6.07) is 10.2. The molecule has 0 unspecified atom stereocenters. The molecule has 2 aromatic rings. The first-order valence-electron chi connectivity index (χ1n) is 5.68. The highest BCUT2D eigenvalue weighted by Crippen LogP contribution is 2.26. The fraction of sp³-hybridized carbons (Fsp3) is 0.286. The molecule has 0 atom stereocenters. The van der Waals surface area contributed by atoms with Gasteiger partial charge >= 0.3 is 0 Å². The van der Waals surface area contributed by atoms with Gasteiger partial charge < -0.3 is 0 Å². The molecular weight excluding hydrogens is 210 g/mol. The van der Waals surface area contributed by atoms with Crippen LogP contribution in [0.15, 0.2) is 24.3 Å². The fourth-order valence-corrected chi connectivity index (χ4v) is 1.81. The third-order valence-electron chi connectivity index (χ3n) is 2.91. The highest BCUT2D eigenvalue weighted by molar-refractivity contribution is 5.65. The summed E-state index contributed by atoms with van der Waals surface area (Å²) in [6.07, 6.45) is 0. The maximum atomic E-state index is 8.78. The number of benzene rings is 1. The van der Waals surface area contributed by atoms with Crippen molar-refractivity contribution in [3.8, 4) is 17.3 Å².